The van der Waals surface area contributed by atoms with Crippen molar-refractivity contribution in [1.82, 2.24) is 0 Å². The molecule has 0 amide bonds. The number of Topliss-reactive ketones (excluding diaryl/α,β-unsaturated/α-hetero) is 2. The van der Waals surface area contributed by atoms with Crippen molar-refractivity contribution in [3.05, 3.63) is 0 Å². The molecule has 0 saturated heterocycles. The van der Waals surface area contributed by atoms with Crippen molar-refractivity contribution in [1.29, 1.82) is 0 Å². The van der Waals surface area contributed by atoms with Crippen LogP contribution in [0.1, 0.15) is 47.0 Å². The maximum atomic E-state index is 12.1. The van der Waals surface area contributed by atoms with Crippen molar-refractivity contribution < 1.29 is 9.59 Å². The highest BCUT2D eigenvalue weighted by atomic mass is 16.1. The first-order chi connectivity index (χ1) is 7.81. The maximum Gasteiger partial charge on any atom is 0.137 e. The van der Waals surface area contributed by atoms with Crippen molar-refractivity contribution in [2.24, 2.45) is 34.5 Å². The molecule has 0 aliphatic heterocycles. The lowest BCUT2D eigenvalue weighted by molar-refractivity contribution is -0.144. The van der Waals surface area contributed by atoms with E-state index in [2.05, 4.69) is 27.7 Å². The van der Waals surface area contributed by atoms with Crippen LogP contribution in [0.3, 0.4) is 0 Å². The molecule has 0 bridgehead atoms. The van der Waals surface area contributed by atoms with Gasteiger partial charge in [0.05, 0.1) is 0 Å². The first kappa shape index (κ1) is 11.4. The lowest BCUT2D eigenvalue weighted by Gasteiger charge is -2.48. The van der Waals surface area contributed by atoms with E-state index in [1.165, 1.54) is 0 Å². The molecule has 3 saturated carbocycles. The minimum Gasteiger partial charge on any atom is -0.299 e. The highest BCUT2D eigenvalue weighted by molar-refractivity contribution is 5.94. The molecular weight excluding hydrogens is 212 g/mol. The molecule has 3 rings (SSSR count). The summed E-state index contributed by atoms with van der Waals surface area (Å²) in [5, 5.41) is 0. The molecule has 5 atom stereocenters. The van der Waals surface area contributed by atoms with Crippen LogP contribution in [0.25, 0.3) is 0 Å². The van der Waals surface area contributed by atoms with Gasteiger partial charge in [-0.1, -0.05) is 27.7 Å². The van der Waals surface area contributed by atoms with Crippen molar-refractivity contribution >= 4 is 11.6 Å². The zero-order valence-electron chi connectivity index (χ0n) is 11.2. The fraction of sp³-hybridized carbons (Fsp3) is 0.867. The molecule has 3 aliphatic rings. The van der Waals surface area contributed by atoms with Gasteiger partial charge in [-0.25, -0.2) is 0 Å². The lowest BCUT2D eigenvalue weighted by Crippen LogP contribution is -2.49. The summed E-state index contributed by atoms with van der Waals surface area (Å²) in [7, 11) is 0. The SMILES string of the molecule is CC1CCC(=O)C2CC(=O)C3C(C3(C)C)C12C. The molecule has 5 unspecified atom stereocenters. The van der Waals surface area contributed by atoms with Crippen LogP contribution in [-0.4, -0.2) is 11.6 Å². The molecular formula is C15H22O2. The van der Waals surface area contributed by atoms with Gasteiger partial charge < -0.3 is 0 Å². The predicted octanol–water partition coefficient (Wildman–Crippen LogP) is 2.85. The monoisotopic (exact) mass is 234 g/mol. The van der Waals surface area contributed by atoms with Gasteiger partial charge in [0.25, 0.3) is 0 Å². The van der Waals surface area contributed by atoms with Gasteiger partial charge in [-0.15, -0.1) is 0 Å². The fourth-order valence-corrected chi connectivity index (χ4v) is 5.12. The van der Waals surface area contributed by atoms with Gasteiger partial charge in [0, 0.05) is 24.7 Å². The summed E-state index contributed by atoms with van der Waals surface area (Å²) in [6.07, 6.45) is 2.22. The first-order valence-electron chi connectivity index (χ1n) is 6.86. The van der Waals surface area contributed by atoms with Crippen LogP contribution in [0.5, 0.6) is 0 Å². The van der Waals surface area contributed by atoms with Crippen LogP contribution >= 0.6 is 0 Å². The summed E-state index contributed by atoms with van der Waals surface area (Å²) in [6, 6.07) is 0. The third-order valence-corrected chi connectivity index (χ3v) is 6.27. The van der Waals surface area contributed by atoms with Gasteiger partial charge in [-0.2, -0.15) is 0 Å². The van der Waals surface area contributed by atoms with E-state index in [9.17, 15) is 9.59 Å². The van der Waals surface area contributed by atoms with Gasteiger partial charge in [0.1, 0.15) is 11.6 Å². The fourth-order valence-electron chi connectivity index (χ4n) is 5.12. The van der Waals surface area contributed by atoms with Gasteiger partial charge in [-0.3, -0.25) is 9.59 Å². The summed E-state index contributed by atoms with van der Waals surface area (Å²) in [6.45, 7) is 8.97. The Morgan fingerprint density at radius 2 is 1.76 bits per heavy atom. The van der Waals surface area contributed by atoms with Crippen molar-refractivity contribution in [2.45, 2.75) is 47.0 Å². The third-order valence-electron chi connectivity index (χ3n) is 6.27. The molecule has 17 heavy (non-hydrogen) atoms. The first-order valence-corrected chi connectivity index (χ1v) is 6.86. The van der Waals surface area contributed by atoms with Crippen molar-refractivity contribution in [3.63, 3.8) is 0 Å². The van der Waals surface area contributed by atoms with E-state index in [-0.39, 0.29) is 22.7 Å². The number of carbonyl (C=O) groups is 2. The van der Waals surface area contributed by atoms with Gasteiger partial charge in [0.2, 0.25) is 0 Å². The van der Waals surface area contributed by atoms with Crippen LogP contribution in [0.4, 0.5) is 0 Å². The quantitative estimate of drug-likeness (QED) is 0.646. The van der Waals surface area contributed by atoms with Gasteiger partial charge in [-0.05, 0) is 29.1 Å². The summed E-state index contributed by atoms with van der Waals surface area (Å²) in [5.41, 5.74) is 0.212. The molecule has 94 valence electrons. The Morgan fingerprint density at radius 3 is 2.41 bits per heavy atom. The Kier molecular flexibility index (Phi) is 2.03. The van der Waals surface area contributed by atoms with E-state index < -0.39 is 0 Å². The number of hydrogen-bond donors (Lipinski definition) is 0. The summed E-state index contributed by atoms with van der Waals surface area (Å²) in [4.78, 5) is 24.3. The molecule has 0 spiro atoms. The molecule has 2 nitrogen and oxygen atoms in total. The molecule has 2 heteroatoms. The zero-order valence-corrected chi connectivity index (χ0v) is 11.2. The molecule has 0 aromatic heterocycles. The van der Waals surface area contributed by atoms with E-state index in [0.717, 1.165) is 6.42 Å². The van der Waals surface area contributed by atoms with Crippen LogP contribution in [-0.2, 0) is 9.59 Å². The largest absolute Gasteiger partial charge is 0.299 e. The van der Waals surface area contributed by atoms with Gasteiger partial charge >= 0.3 is 0 Å². The molecule has 0 aromatic rings. The molecule has 0 heterocycles. The minimum absolute atomic E-state index is 0.0155. The number of rotatable bonds is 0. The Hall–Kier alpha value is -0.660. The van der Waals surface area contributed by atoms with Crippen LogP contribution in [0, 0.1) is 34.5 Å². The third kappa shape index (κ3) is 1.17. The highest BCUT2D eigenvalue weighted by Gasteiger charge is 2.74. The number of ketones is 2. The number of carbonyl (C=O) groups excluding carboxylic acids is 2. The van der Waals surface area contributed by atoms with Crippen LogP contribution in [0.15, 0.2) is 0 Å². The van der Waals surface area contributed by atoms with Crippen molar-refractivity contribution in [2.75, 3.05) is 0 Å². The van der Waals surface area contributed by atoms with Crippen LogP contribution < -0.4 is 0 Å². The van der Waals surface area contributed by atoms with E-state index in [4.69, 9.17) is 0 Å². The Morgan fingerprint density at radius 1 is 1.12 bits per heavy atom. The average molecular weight is 234 g/mol. The smallest absolute Gasteiger partial charge is 0.137 e. The molecule has 3 fully saturated rings. The molecule has 0 N–H and O–H groups in total. The maximum absolute atomic E-state index is 12.1. The minimum atomic E-state index is 0.0155. The standard InChI is InChI=1S/C15H22O2/c1-8-5-6-10(16)9-7-11(17)12-13(14(12,2)3)15(8,9)4/h8-9,12-13H,5-7H2,1-4H3. The Balaban J connectivity index is 2.06. The van der Waals surface area contributed by atoms with E-state index in [1.807, 2.05) is 0 Å². The second-order valence-corrected chi connectivity index (χ2v) is 7.27. The summed E-state index contributed by atoms with van der Waals surface area (Å²) in [5.74, 6) is 1.97. The van der Waals surface area contributed by atoms with Crippen LogP contribution in [0.2, 0.25) is 0 Å². The van der Waals surface area contributed by atoms with Gasteiger partial charge in [0.15, 0.2) is 0 Å². The molecule has 0 radical (unpaired) electrons. The lowest BCUT2D eigenvalue weighted by atomic mass is 9.54. The predicted molar refractivity (Wildman–Crippen MR) is 65.4 cm³/mol. The number of fused-ring (bicyclic) bond motifs is 3. The number of hydrogen-bond acceptors (Lipinski definition) is 2. The van der Waals surface area contributed by atoms with E-state index in [0.29, 0.717) is 36.2 Å². The second kappa shape index (κ2) is 3.02. The topological polar surface area (TPSA) is 34.1 Å². The van der Waals surface area contributed by atoms with Crippen molar-refractivity contribution in [3.8, 4) is 0 Å². The highest BCUT2D eigenvalue weighted by Crippen LogP contribution is 2.74. The summed E-state index contributed by atoms with van der Waals surface area (Å²) < 4.78 is 0. The average Bonchev–Trinajstić information content (AvgIpc) is 2.83. The summed E-state index contributed by atoms with van der Waals surface area (Å²) >= 11 is 0. The zero-order chi connectivity index (χ0) is 12.6. The Bertz CT molecular complexity index is 407. The second-order valence-electron chi connectivity index (χ2n) is 7.27. The van der Waals surface area contributed by atoms with E-state index >= 15 is 0 Å². The Labute approximate surface area is 103 Å². The normalized spacial score (nSPS) is 51.8. The molecule has 3 aliphatic carbocycles. The van der Waals surface area contributed by atoms with E-state index in [1.54, 1.807) is 0 Å². The molecule has 0 aromatic carbocycles.